The lowest BCUT2D eigenvalue weighted by molar-refractivity contribution is 0.576. The fourth-order valence-corrected chi connectivity index (χ4v) is 3.71. The minimum atomic E-state index is -0.0258. The summed E-state index contributed by atoms with van der Waals surface area (Å²) in [6.07, 6.45) is 1.79. The Morgan fingerprint density at radius 2 is 1.65 bits per heavy atom. The second-order valence-electron chi connectivity index (χ2n) is 6.51. The van der Waals surface area contributed by atoms with Gasteiger partial charge in [0.25, 0.3) is 0 Å². The largest absolute Gasteiger partial charge is 0.360 e. The van der Waals surface area contributed by atoms with E-state index in [2.05, 4.69) is 63.5 Å². The van der Waals surface area contributed by atoms with Crippen LogP contribution in [0.3, 0.4) is 0 Å². The molecule has 0 bridgehead atoms. The van der Waals surface area contributed by atoms with E-state index in [0.29, 0.717) is 0 Å². The van der Waals surface area contributed by atoms with Crippen molar-refractivity contribution in [2.24, 2.45) is 4.99 Å². The van der Waals surface area contributed by atoms with Crippen molar-refractivity contribution >= 4 is 23.0 Å². The van der Waals surface area contributed by atoms with E-state index in [0.717, 1.165) is 28.6 Å². The number of aromatic nitrogens is 1. The van der Waals surface area contributed by atoms with Crippen LogP contribution < -0.4 is 15.1 Å². The number of amidine groups is 1. The van der Waals surface area contributed by atoms with E-state index in [-0.39, 0.29) is 12.3 Å². The summed E-state index contributed by atoms with van der Waals surface area (Å²) in [5, 5.41) is 3.67. The Bertz CT molecular complexity index is 954. The highest BCUT2D eigenvalue weighted by Gasteiger charge is 2.43. The van der Waals surface area contributed by atoms with Crippen LogP contribution in [-0.4, -0.2) is 30.2 Å². The first-order valence-electron chi connectivity index (χ1n) is 8.75. The number of hydrogen-bond donors (Lipinski definition) is 1. The van der Waals surface area contributed by atoms with Crippen molar-refractivity contribution in [1.29, 1.82) is 0 Å². The molecule has 2 aliphatic rings. The highest BCUT2D eigenvalue weighted by Crippen LogP contribution is 2.38. The zero-order valence-electron chi connectivity index (χ0n) is 14.4. The molecule has 26 heavy (non-hydrogen) atoms. The number of para-hydroxylation sites is 2. The Kier molecular flexibility index (Phi) is 3.38. The van der Waals surface area contributed by atoms with Gasteiger partial charge in [0.2, 0.25) is 0 Å². The summed E-state index contributed by atoms with van der Waals surface area (Å²) in [6.45, 7) is 0. The first-order valence-corrected chi connectivity index (χ1v) is 8.75. The molecular weight excluding hydrogens is 322 g/mol. The summed E-state index contributed by atoms with van der Waals surface area (Å²) >= 11 is 0. The summed E-state index contributed by atoms with van der Waals surface area (Å²) in [4.78, 5) is 14.1. The number of anilines is 3. The van der Waals surface area contributed by atoms with Crippen molar-refractivity contribution < 1.29 is 0 Å². The summed E-state index contributed by atoms with van der Waals surface area (Å²) in [7, 11) is 2.10. The van der Waals surface area contributed by atoms with Gasteiger partial charge in [-0.3, -0.25) is 4.90 Å². The number of likely N-dealkylation sites (N-methyl/N-ethyl adjacent to an activating group) is 1. The van der Waals surface area contributed by atoms with Gasteiger partial charge in [0.15, 0.2) is 6.17 Å². The molecular formula is C21H19N5. The van der Waals surface area contributed by atoms with E-state index in [1.54, 1.807) is 0 Å². The van der Waals surface area contributed by atoms with Gasteiger partial charge in [0.1, 0.15) is 17.8 Å². The van der Waals surface area contributed by atoms with E-state index in [1.807, 2.05) is 42.6 Å². The third kappa shape index (κ3) is 2.24. The quantitative estimate of drug-likeness (QED) is 0.774. The number of fused-ring (bicyclic) bond motifs is 2. The van der Waals surface area contributed by atoms with Crippen LogP contribution in [0.4, 0.5) is 17.2 Å². The molecule has 3 aromatic rings. The SMILES string of the molecule is CN1c2ccccc2N[C@@H]2[C@H]1N=C(c1ccccc1)N2c1ccccn1. The van der Waals surface area contributed by atoms with Crippen molar-refractivity contribution in [1.82, 2.24) is 4.98 Å². The monoisotopic (exact) mass is 341 g/mol. The molecule has 0 radical (unpaired) electrons. The molecule has 5 heteroatoms. The van der Waals surface area contributed by atoms with Crippen molar-refractivity contribution in [3.8, 4) is 0 Å². The number of rotatable bonds is 2. The van der Waals surface area contributed by atoms with E-state index in [9.17, 15) is 0 Å². The molecule has 0 fully saturated rings. The first kappa shape index (κ1) is 15.0. The van der Waals surface area contributed by atoms with Gasteiger partial charge in [-0.25, -0.2) is 9.98 Å². The lowest BCUT2D eigenvalue weighted by atomic mass is 10.1. The Labute approximate surface area is 152 Å². The van der Waals surface area contributed by atoms with Crippen molar-refractivity contribution in [2.45, 2.75) is 12.3 Å². The molecule has 0 saturated heterocycles. The fourth-order valence-electron chi connectivity index (χ4n) is 3.71. The molecule has 5 rings (SSSR count). The second kappa shape index (κ2) is 5.88. The smallest absolute Gasteiger partial charge is 0.163 e. The summed E-state index contributed by atoms with van der Waals surface area (Å²) in [5.41, 5.74) is 3.36. The molecule has 1 aromatic heterocycles. The van der Waals surface area contributed by atoms with Gasteiger partial charge in [-0.2, -0.15) is 0 Å². The molecule has 0 aliphatic carbocycles. The molecule has 0 spiro atoms. The Hall–Kier alpha value is -3.34. The van der Waals surface area contributed by atoms with Gasteiger partial charge < -0.3 is 10.2 Å². The molecule has 2 atom stereocenters. The van der Waals surface area contributed by atoms with E-state index < -0.39 is 0 Å². The van der Waals surface area contributed by atoms with Crippen LogP contribution in [0.25, 0.3) is 0 Å². The number of hydrogen-bond acceptors (Lipinski definition) is 5. The maximum atomic E-state index is 5.08. The third-order valence-corrected chi connectivity index (χ3v) is 4.96. The maximum absolute atomic E-state index is 5.08. The highest BCUT2D eigenvalue weighted by atomic mass is 15.5. The molecule has 5 nitrogen and oxygen atoms in total. The van der Waals surface area contributed by atoms with Gasteiger partial charge in [-0.05, 0) is 24.3 Å². The average molecular weight is 341 g/mol. The number of nitrogens with one attached hydrogen (secondary N) is 1. The second-order valence-corrected chi connectivity index (χ2v) is 6.51. The van der Waals surface area contributed by atoms with Crippen LogP contribution in [-0.2, 0) is 0 Å². The lowest BCUT2D eigenvalue weighted by Crippen LogP contribution is -2.53. The van der Waals surface area contributed by atoms with E-state index >= 15 is 0 Å². The average Bonchev–Trinajstić information content (AvgIpc) is 3.09. The third-order valence-electron chi connectivity index (χ3n) is 4.96. The van der Waals surface area contributed by atoms with Crippen LogP contribution in [0.5, 0.6) is 0 Å². The van der Waals surface area contributed by atoms with Crippen LogP contribution in [0.1, 0.15) is 5.56 Å². The van der Waals surface area contributed by atoms with Gasteiger partial charge in [0.05, 0.1) is 11.4 Å². The standard InChI is InChI=1S/C21H19N5/c1-25-17-12-6-5-11-16(17)23-21-20(25)24-19(15-9-3-2-4-10-15)26(21)18-13-7-8-14-22-18/h2-14,20-21,23H,1H3/t20-,21-/m0/s1. The van der Waals surface area contributed by atoms with Crippen molar-refractivity contribution in [3.63, 3.8) is 0 Å². The molecule has 0 unspecified atom stereocenters. The summed E-state index contributed by atoms with van der Waals surface area (Å²) in [5.74, 6) is 1.83. The van der Waals surface area contributed by atoms with E-state index in [4.69, 9.17) is 4.99 Å². The van der Waals surface area contributed by atoms with E-state index in [1.165, 1.54) is 0 Å². The predicted molar refractivity (Wildman–Crippen MR) is 106 cm³/mol. The number of benzene rings is 2. The first-order chi connectivity index (χ1) is 12.8. The molecule has 2 aliphatic heterocycles. The van der Waals surface area contributed by atoms with Crippen molar-refractivity contribution in [2.75, 3.05) is 22.2 Å². The molecule has 128 valence electrons. The maximum Gasteiger partial charge on any atom is 0.163 e. The highest BCUT2D eigenvalue weighted by molar-refractivity contribution is 6.12. The summed E-state index contributed by atoms with van der Waals surface area (Å²) in [6, 6.07) is 24.6. The minimum absolute atomic E-state index is 0.0139. The number of nitrogens with zero attached hydrogens (tertiary/aromatic N) is 4. The topological polar surface area (TPSA) is 43.8 Å². The van der Waals surface area contributed by atoms with Gasteiger partial charge >= 0.3 is 0 Å². The lowest BCUT2D eigenvalue weighted by Gasteiger charge is -2.40. The molecule has 0 amide bonds. The Morgan fingerprint density at radius 1 is 0.885 bits per heavy atom. The molecule has 1 N–H and O–H groups in total. The van der Waals surface area contributed by atoms with Crippen LogP contribution in [0, 0.1) is 0 Å². The zero-order valence-corrected chi connectivity index (χ0v) is 14.4. The molecule has 2 aromatic carbocycles. The molecule has 0 saturated carbocycles. The number of pyridine rings is 1. The van der Waals surface area contributed by atoms with Gasteiger partial charge in [-0.15, -0.1) is 0 Å². The predicted octanol–water partition coefficient (Wildman–Crippen LogP) is 3.56. The normalized spacial score (nSPS) is 20.9. The Morgan fingerprint density at radius 3 is 2.46 bits per heavy atom. The van der Waals surface area contributed by atoms with Gasteiger partial charge in [0, 0.05) is 18.8 Å². The van der Waals surface area contributed by atoms with Crippen molar-refractivity contribution in [3.05, 3.63) is 84.6 Å². The minimum Gasteiger partial charge on any atom is -0.360 e. The van der Waals surface area contributed by atoms with Crippen LogP contribution in [0.2, 0.25) is 0 Å². The van der Waals surface area contributed by atoms with Crippen LogP contribution in [0.15, 0.2) is 84.0 Å². The fraction of sp³-hybridized carbons (Fsp3) is 0.143. The van der Waals surface area contributed by atoms with Crippen LogP contribution >= 0.6 is 0 Å². The molecule has 3 heterocycles. The van der Waals surface area contributed by atoms with Gasteiger partial charge in [-0.1, -0.05) is 48.5 Å². The Balaban J connectivity index is 1.65. The summed E-state index contributed by atoms with van der Waals surface area (Å²) < 4.78 is 0. The zero-order chi connectivity index (χ0) is 17.5. The number of aliphatic imine (C=N–C) groups is 1.